The van der Waals surface area contributed by atoms with Crippen LogP contribution in [0.25, 0.3) is 0 Å². The molecule has 1 aromatic rings. The van der Waals surface area contributed by atoms with E-state index in [0.29, 0.717) is 5.46 Å². The number of aromatic nitrogens is 1. The average Bonchev–Trinajstić information content (AvgIpc) is 2.68. The van der Waals surface area contributed by atoms with E-state index in [-0.39, 0.29) is 18.6 Å². The lowest BCUT2D eigenvalue weighted by molar-refractivity contribution is 0.00578. The molecule has 8 heteroatoms. The highest BCUT2D eigenvalue weighted by Crippen LogP contribution is 2.46. The van der Waals surface area contributed by atoms with E-state index < -0.39 is 25.9 Å². The fraction of sp³-hybridized carbons (Fsp3) is 0.667. The molecular weight excluding hydrogens is 316 g/mol. The van der Waals surface area contributed by atoms with Crippen LogP contribution in [0.1, 0.15) is 41.5 Å². The minimum absolute atomic E-state index is 0.252. The third-order valence-corrected chi connectivity index (χ3v) is 6.27. The van der Waals surface area contributed by atoms with E-state index in [1.54, 1.807) is 32.2 Å². The summed E-state index contributed by atoms with van der Waals surface area (Å²) in [6.45, 7) is 11.9. The molecule has 2 heterocycles. The molecule has 0 radical (unpaired) electrons. The van der Waals surface area contributed by atoms with Gasteiger partial charge in [-0.1, -0.05) is 6.07 Å². The molecule has 0 amide bonds. The molecule has 0 bridgehead atoms. The summed E-state index contributed by atoms with van der Waals surface area (Å²) >= 11 is 0. The zero-order valence-corrected chi connectivity index (χ0v) is 15.6. The summed E-state index contributed by atoms with van der Waals surface area (Å²) in [6.07, 6.45) is 1.56. The second-order valence-corrected chi connectivity index (χ2v) is 8.27. The molecule has 2 rings (SSSR count). The molecule has 0 N–H and O–H groups in total. The summed E-state index contributed by atoms with van der Waals surface area (Å²) in [5.74, 6) is 0. The highest BCUT2D eigenvalue weighted by molar-refractivity contribution is 7.62. The lowest BCUT2D eigenvalue weighted by atomic mass is 9.80. The highest BCUT2D eigenvalue weighted by Gasteiger charge is 2.53. The second kappa shape index (κ2) is 6.65. The Morgan fingerprint density at radius 1 is 1.13 bits per heavy atom. The maximum absolute atomic E-state index is 13.1. The van der Waals surface area contributed by atoms with Crippen molar-refractivity contribution in [1.82, 2.24) is 4.98 Å². The Morgan fingerprint density at radius 2 is 1.65 bits per heavy atom. The Balaban J connectivity index is 2.45. The van der Waals surface area contributed by atoms with Crippen LogP contribution >= 0.6 is 7.60 Å². The maximum atomic E-state index is 13.1. The van der Waals surface area contributed by atoms with Gasteiger partial charge in [-0.3, -0.25) is 4.57 Å². The fourth-order valence-corrected chi connectivity index (χ4v) is 3.99. The Kier molecular flexibility index (Phi) is 5.39. The van der Waals surface area contributed by atoms with Crippen molar-refractivity contribution < 1.29 is 22.9 Å². The van der Waals surface area contributed by atoms with Crippen molar-refractivity contribution in [3.05, 3.63) is 18.3 Å². The van der Waals surface area contributed by atoms with Gasteiger partial charge in [0.15, 0.2) is 5.44 Å². The summed E-state index contributed by atoms with van der Waals surface area (Å²) in [5, 5.41) is 0. The van der Waals surface area contributed by atoms with Crippen molar-refractivity contribution in [2.24, 2.45) is 0 Å². The predicted molar refractivity (Wildman–Crippen MR) is 90.4 cm³/mol. The SMILES string of the molecule is CCOP(=O)(OCC)c1ncccc1B1OC(C)(C)C(C)(C)O1. The summed E-state index contributed by atoms with van der Waals surface area (Å²) in [5.41, 5.74) is -0.156. The van der Waals surface area contributed by atoms with Crippen molar-refractivity contribution in [3.8, 4) is 0 Å². The smallest absolute Gasteiger partial charge is 0.399 e. The standard InChI is InChI=1S/C15H25BNO5P/c1-7-19-23(18,20-8-2)13-12(10-9-11-17-13)16-21-14(3,4)15(5,6)22-16/h9-11H,7-8H2,1-6H3. The van der Waals surface area contributed by atoms with Gasteiger partial charge in [-0.15, -0.1) is 0 Å². The molecule has 0 aromatic carbocycles. The molecule has 1 saturated heterocycles. The molecule has 1 aliphatic heterocycles. The van der Waals surface area contributed by atoms with Gasteiger partial charge in [-0.25, -0.2) is 4.98 Å². The molecule has 0 aliphatic carbocycles. The van der Waals surface area contributed by atoms with Crippen LogP contribution in [-0.4, -0.2) is 36.5 Å². The van der Waals surface area contributed by atoms with Gasteiger partial charge in [-0.05, 0) is 47.6 Å². The Hall–Kier alpha value is -0.715. The molecule has 1 aliphatic rings. The van der Waals surface area contributed by atoms with Gasteiger partial charge in [0.25, 0.3) is 0 Å². The van der Waals surface area contributed by atoms with Crippen LogP contribution in [0, 0.1) is 0 Å². The van der Waals surface area contributed by atoms with Crippen molar-refractivity contribution in [3.63, 3.8) is 0 Å². The molecule has 0 saturated carbocycles. The molecule has 1 fully saturated rings. The number of nitrogens with zero attached hydrogens (tertiary/aromatic N) is 1. The number of hydrogen-bond acceptors (Lipinski definition) is 6. The number of pyridine rings is 1. The van der Waals surface area contributed by atoms with Gasteiger partial charge in [-0.2, -0.15) is 0 Å². The molecule has 1 aromatic heterocycles. The Bertz CT molecular complexity index is 581. The predicted octanol–water partition coefficient (Wildman–Crippen LogP) is 2.27. The molecule has 0 unspecified atom stereocenters. The molecule has 23 heavy (non-hydrogen) atoms. The number of rotatable bonds is 6. The summed E-state index contributed by atoms with van der Waals surface area (Å²) < 4.78 is 36.0. The quantitative estimate of drug-likeness (QED) is 0.584. The average molecular weight is 341 g/mol. The summed E-state index contributed by atoms with van der Waals surface area (Å²) in [4.78, 5) is 4.25. The summed E-state index contributed by atoms with van der Waals surface area (Å²) in [6, 6.07) is 3.54. The lowest BCUT2D eigenvalue weighted by Gasteiger charge is -2.32. The van der Waals surface area contributed by atoms with Crippen molar-refractivity contribution in [2.75, 3.05) is 13.2 Å². The minimum atomic E-state index is -3.52. The first kappa shape index (κ1) is 18.6. The van der Waals surface area contributed by atoms with E-state index in [2.05, 4.69) is 4.98 Å². The van der Waals surface area contributed by atoms with Gasteiger partial charge in [0.1, 0.15) is 0 Å². The van der Waals surface area contributed by atoms with Gasteiger partial charge in [0, 0.05) is 11.7 Å². The minimum Gasteiger partial charge on any atom is -0.399 e. The third-order valence-electron chi connectivity index (χ3n) is 4.18. The first-order valence-corrected chi connectivity index (χ1v) is 9.41. The van der Waals surface area contributed by atoms with Crippen LogP contribution in [-0.2, 0) is 22.9 Å². The first-order valence-electron chi connectivity index (χ1n) is 7.87. The zero-order chi connectivity index (χ0) is 17.3. The molecule has 0 spiro atoms. The molecule has 0 atom stereocenters. The van der Waals surface area contributed by atoms with Crippen LogP contribution in [0.3, 0.4) is 0 Å². The maximum Gasteiger partial charge on any atom is 0.497 e. The van der Waals surface area contributed by atoms with Gasteiger partial charge < -0.3 is 18.4 Å². The Morgan fingerprint density at radius 3 is 2.13 bits per heavy atom. The van der Waals surface area contributed by atoms with Crippen LogP contribution in [0.5, 0.6) is 0 Å². The topological polar surface area (TPSA) is 66.9 Å². The number of hydrogen-bond donors (Lipinski definition) is 0. The van der Waals surface area contributed by atoms with E-state index in [0.717, 1.165) is 0 Å². The van der Waals surface area contributed by atoms with E-state index in [9.17, 15) is 4.57 Å². The van der Waals surface area contributed by atoms with Crippen molar-refractivity contribution in [1.29, 1.82) is 0 Å². The van der Waals surface area contributed by atoms with Crippen molar-refractivity contribution >= 4 is 25.6 Å². The molecule has 6 nitrogen and oxygen atoms in total. The Labute approximate surface area is 138 Å². The summed E-state index contributed by atoms with van der Waals surface area (Å²) in [7, 11) is -4.19. The van der Waals surface area contributed by atoms with Crippen LogP contribution in [0.4, 0.5) is 0 Å². The molecular formula is C15H25BNO5P. The monoisotopic (exact) mass is 341 g/mol. The fourth-order valence-electron chi connectivity index (χ4n) is 2.29. The highest BCUT2D eigenvalue weighted by atomic mass is 31.2. The van der Waals surface area contributed by atoms with Gasteiger partial charge >= 0.3 is 14.7 Å². The van der Waals surface area contributed by atoms with E-state index in [4.69, 9.17) is 18.4 Å². The van der Waals surface area contributed by atoms with Gasteiger partial charge in [0.05, 0.1) is 24.4 Å². The van der Waals surface area contributed by atoms with E-state index >= 15 is 0 Å². The van der Waals surface area contributed by atoms with E-state index in [1.165, 1.54) is 0 Å². The largest absolute Gasteiger partial charge is 0.497 e. The third kappa shape index (κ3) is 3.54. The first-order chi connectivity index (χ1) is 10.7. The second-order valence-electron chi connectivity index (χ2n) is 6.34. The van der Waals surface area contributed by atoms with Crippen LogP contribution in [0.2, 0.25) is 0 Å². The zero-order valence-electron chi connectivity index (χ0n) is 14.7. The van der Waals surface area contributed by atoms with Crippen molar-refractivity contribution in [2.45, 2.75) is 52.7 Å². The van der Waals surface area contributed by atoms with Gasteiger partial charge in [0.2, 0.25) is 0 Å². The van der Waals surface area contributed by atoms with Crippen LogP contribution in [0.15, 0.2) is 18.3 Å². The van der Waals surface area contributed by atoms with Crippen LogP contribution < -0.4 is 10.9 Å². The molecule has 128 valence electrons. The lowest BCUT2D eigenvalue weighted by Crippen LogP contribution is -2.44. The normalized spacial score (nSPS) is 20.0. The van der Waals surface area contributed by atoms with E-state index in [1.807, 2.05) is 27.7 Å².